The molecule has 158 valence electrons. The maximum absolute atomic E-state index is 13.7. The number of hydrogen-bond acceptors (Lipinski definition) is 3. The van der Waals surface area contributed by atoms with Gasteiger partial charge in [-0.05, 0) is 48.7 Å². The van der Waals surface area contributed by atoms with Crippen LogP contribution >= 0.6 is 24.0 Å². The number of guanidine groups is 1. The van der Waals surface area contributed by atoms with Gasteiger partial charge in [-0.15, -0.1) is 24.0 Å². The van der Waals surface area contributed by atoms with Gasteiger partial charge in [0.15, 0.2) is 5.96 Å². The van der Waals surface area contributed by atoms with E-state index in [0.717, 1.165) is 16.9 Å². The summed E-state index contributed by atoms with van der Waals surface area (Å²) >= 11 is 0. The van der Waals surface area contributed by atoms with Crippen LogP contribution in [0, 0.1) is 12.7 Å². The first-order valence-electron chi connectivity index (χ1n) is 9.05. The third-order valence-electron chi connectivity index (χ3n) is 4.34. The Balaban J connectivity index is 0.00000420. The Bertz CT molecular complexity index is 828. The van der Waals surface area contributed by atoms with Gasteiger partial charge in [-0.3, -0.25) is 9.79 Å². The summed E-state index contributed by atoms with van der Waals surface area (Å²) in [5.74, 6) is 0.835. The van der Waals surface area contributed by atoms with Crippen molar-refractivity contribution in [3.63, 3.8) is 0 Å². The lowest BCUT2D eigenvalue weighted by Gasteiger charge is -2.18. The van der Waals surface area contributed by atoms with Gasteiger partial charge in [-0.25, -0.2) is 4.39 Å². The standard InChI is InChI=1S/C21H27FN4O2.HI/c1-14-5-8-17(11-19(14)22)15(2)26-21(23-3)25-13-20(27)24-12-16-6-9-18(28-4)10-7-16;/h5-11,15H,12-13H2,1-4H3,(H,24,27)(H2,23,25,26);1H. The summed E-state index contributed by atoms with van der Waals surface area (Å²) < 4.78 is 18.9. The largest absolute Gasteiger partial charge is 0.497 e. The van der Waals surface area contributed by atoms with Crippen LogP contribution in [0.25, 0.3) is 0 Å². The smallest absolute Gasteiger partial charge is 0.239 e. The Morgan fingerprint density at radius 1 is 1.17 bits per heavy atom. The average molecular weight is 514 g/mol. The van der Waals surface area contributed by atoms with E-state index in [1.807, 2.05) is 37.3 Å². The highest BCUT2D eigenvalue weighted by atomic mass is 127. The molecule has 2 aromatic rings. The molecule has 0 aliphatic rings. The van der Waals surface area contributed by atoms with Gasteiger partial charge in [0.05, 0.1) is 19.7 Å². The van der Waals surface area contributed by atoms with Crippen molar-refractivity contribution in [2.24, 2.45) is 4.99 Å². The molecule has 0 saturated carbocycles. The maximum atomic E-state index is 13.7. The van der Waals surface area contributed by atoms with Crippen molar-refractivity contribution in [2.75, 3.05) is 20.7 Å². The number of carbonyl (C=O) groups excluding carboxylic acids is 1. The molecule has 8 heteroatoms. The zero-order valence-electron chi connectivity index (χ0n) is 17.1. The molecule has 1 unspecified atom stereocenters. The first kappa shape index (κ1) is 24.7. The summed E-state index contributed by atoms with van der Waals surface area (Å²) in [5, 5.41) is 8.95. The van der Waals surface area contributed by atoms with Crippen molar-refractivity contribution in [1.82, 2.24) is 16.0 Å². The van der Waals surface area contributed by atoms with Gasteiger partial charge in [0, 0.05) is 13.6 Å². The predicted molar refractivity (Wildman–Crippen MR) is 124 cm³/mol. The number of carbonyl (C=O) groups is 1. The number of hydrogen-bond donors (Lipinski definition) is 3. The molecule has 0 fully saturated rings. The summed E-state index contributed by atoms with van der Waals surface area (Å²) in [6.45, 7) is 4.13. The molecular weight excluding hydrogens is 486 g/mol. The monoisotopic (exact) mass is 514 g/mol. The van der Waals surface area contributed by atoms with Crippen LogP contribution in [0.15, 0.2) is 47.5 Å². The van der Waals surface area contributed by atoms with Gasteiger partial charge >= 0.3 is 0 Å². The quantitative estimate of drug-likeness (QED) is 0.301. The van der Waals surface area contributed by atoms with E-state index >= 15 is 0 Å². The number of aryl methyl sites for hydroxylation is 1. The van der Waals surface area contributed by atoms with E-state index in [9.17, 15) is 9.18 Å². The molecule has 0 radical (unpaired) electrons. The average Bonchev–Trinajstić information content (AvgIpc) is 2.71. The fourth-order valence-corrected chi connectivity index (χ4v) is 2.53. The molecule has 29 heavy (non-hydrogen) atoms. The number of ether oxygens (including phenoxy) is 1. The van der Waals surface area contributed by atoms with Crippen molar-refractivity contribution in [1.29, 1.82) is 0 Å². The molecule has 0 bridgehead atoms. The Kier molecular flexibility index (Phi) is 10.4. The normalized spacial score (nSPS) is 11.8. The number of benzene rings is 2. The molecule has 2 aromatic carbocycles. The number of halogens is 2. The number of methoxy groups -OCH3 is 1. The van der Waals surface area contributed by atoms with Crippen LogP contribution in [0.4, 0.5) is 4.39 Å². The summed E-state index contributed by atoms with van der Waals surface area (Å²) in [7, 11) is 3.23. The van der Waals surface area contributed by atoms with Crippen LogP contribution in [-0.4, -0.2) is 32.6 Å². The van der Waals surface area contributed by atoms with Crippen LogP contribution in [0.1, 0.15) is 29.7 Å². The van der Waals surface area contributed by atoms with Crippen LogP contribution in [-0.2, 0) is 11.3 Å². The second kappa shape index (κ2) is 12.3. The maximum Gasteiger partial charge on any atom is 0.239 e. The van der Waals surface area contributed by atoms with E-state index < -0.39 is 0 Å². The molecule has 3 N–H and O–H groups in total. The zero-order valence-corrected chi connectivity index (χ0v) is 19.4. The van der Waals surface area contributed by atoms with Gasteiger partial charge in [0.1, 0.15) is 11.6 Å². The van der Waals surface area contributed by atoms with Crippen molar-refractivity contribution in [3.8, 4) is 5.75 Å². The molecule has 6 nitrogen and oxygen atoms in total. The SMILES string of the molecule is CN=C(NCC(=O)NCc1ccc(OC)cc1)NC(C)c1ccc(C)c(F)c1.I. The van der Waals surface area contributed by atoms with E-state index in [0.29, 0.717) is 18.1 Å². The number of nitrogens with zero attached hydrogens (tertiary/aromatic N) is 1. The van der Waals surface area contributed by atoms with Gasteiger partial charge in [0.2, 0.25) is 5.91 Å². The second-order valence-electron chi connectivity index (χ2n) is 6.43. The molecule has 0 aromatic heterocycles. The van der Waals surface area contributed by atoms with Crippen molar-refractivity contribution in [3.05, 3.63) is 65.0 Å². The number of amides is 1. The van der Waals surface area contributed by atoms with Crippen LogP contribution < -0.4 is 20.7 Å². The molecule has 1 amide bonds. The molecule has 0 spiro atoms. The Hall–Kier alpha value is -2.36. The van der Waals surface area contributed by atoms with Gasteiger partial charge < -0.3 is 20.7 Å². The molecule has 0 heterocycles. The van der Waals surface area contributed by atoms with Crippen molar-refractivity contribution >= 4 is 35.8 Å². The highest BCUT2D eigenvalue weighted by Crippen LogP contribution is 2.16. The first-order valence-corrected chi connectivity index (χ1v) is 9.05. The van der Waals surface area contributed by atoms with E-state index in [1.54, 1.807) is 27.1 Å². The third kappa shape index (κ3) is 7.88. The molecule has 2 rings (SSSR count). The molecule has 1 atom stereocenters. The summed E-state index contributed by atoms with van der Waals surface area (Å²) in [6.07, 6.45) is 0. The van der Waals surface area contributed by atoms with Gasteiger partial charge in [-0.1, -0.05) is 24.3 Å². The first-order chi connectivity index (χ1) is 13.4. The number of rotatable bonds is 7. The number of nitrogens with one attached hydrogen (secondary N) is 3. The summed E-state index contributed by atoms with van der Waals surface area (Å²) in [5.41, 5.74) is 2.38. The lowest BCUT2D eigenvalue weighted by molar-refractivity contribution is -0.120. The van der Waals surface area contributed by atoms with E-state index in [1.165, 1.54) is 6.07 Å². The topological polar surface area (TPSA) is 74.8 Å². The molecule has 0 saturated heterocycles. The predicted octanol–water partition coefficient (Wildman–Crippen LogP) is 3.30. The van der Waals surface area contributed by atoms with Gasteiger partial charge in [0.25, 0.3) is 0 Å². The minimum atomic E-state index is -0.244. The zero-order chi connectivity index (χ0) is 20.5. The highest BCUT2D eigenvalue weighted by Gasteiger charge is 2.11. The van der Waals surface area contributed by atoms with E-state index in [4.69, 9.17) is 4.74 Å². The molecule has 0 aliphatic carbocycles. The fourth-order valence-electron chi connectivity index (χ4n) is 2.53. The van der Waals surface area contributed by atoms with Crippen molar-refractivity contribution < 1.29 is 13.9 Å². The van der Waals surface area contributed by atoms with Crippen LogP contribution in [0.2, 0.25) is 0 Å². The third-order valence-corrected chi connectivity index (χ3v) is 4.34. The molecular formula is C21H28FIN4O2. The van der Waals surface area contributed by atoms with Crippen LogP contribution in [0.5, 0.6) is 5.75 Å². The lowest BCUT2D eigenvalue weighted by Crippen LogP contribution is -2.43. The van der Waals surface area contributed by atoms with Crippen LogP contribution in [0.3, 0.4) is 0 Å². The van der Waals surface area contributed by atoms with E-state index in [-0.39, 0.29) is 48.3 Å². The second-order valence-corrected chi connectivity index (χ2v) is 6.43. The Labute approximate surface area is 188 Å². The minimum Gasteiger partial charge on any atom is -0.497 e. The van der Waals surface area contributed by atoms with E-state index in [2.05, 4.69) is 20.9 Å². The fraction of sp³-hybridized carbons (Fsp3) is 0.333. The Morgan fingerprint density at radius 2 is 1.86 bits per heavy atom. The Morgan fingerprint density at radius 3 is 2.45 bits per heavy atom. The minimum absolute atomic E-state index is 0. The number of aliphatic imine (C=N–C) groups is 1. The summed E-state index contributed by atoms with van der Waals surface area (Å²) in [6, 6.07) is 12.4. The summed E-state index contributed by atoms with van der Waals surface area (Å²) in [4.78, 5) is 16.2. The highest BCUT2D eigenvalue weighted by molar-refractivity contribution is 14.0. The van der Waals surface area contributed by atoms with Gasteiger partial charge in [-0.2, -0.15) is 0 Å². The van der Waals surface area contributed by atoms with Crippen molar-refractivity contribution in [2.45, 2.75) is 26.4 Å². The lowest BCUT2D eigenvalue weighted by atomic mass is 10.1. The molecule has 0 aliphatic heterocycles.